The van der Waals surface area contributed by atoms with Crippen molar-refractivity contribution < 1.29 is 9.53 Å². The Balaban J connectivity index is 3.60. The second-order valence-electron chi connectivity index (χ2n) is 2.67. The van der Waals surface area contributed by atoms with Crippen molar-refractivity contribution in [3.8, 4) is 0 Å². The fourth-order valence-corrected chi connectivity index (χ4v) is 0.805. The Kier molecular flexibility index (Phi) is 4.54. The molecule has 0 aliphatic heterocycles. The van der Waals surface area contributed by atoms with Crippen LogP contribution in [0.5, 0.6) is 0 Å². The quantitative estimate of drug-likeness (QED) is 0.486. The Bertz CT molecular complexity index is 154. The van der Waals surface area contributed by atoms with Gasteiger partial charge in [-0.2, -0.15) is 0 Å². The highest BCUT2D eigenvalue weighted by molar-refractivity contribution is 5.71. The fourth-order valence-electron chi connectivity index (χ4n) is 0.805. The van der Waals surface area contributed by atoms with Crippen LogP contribution >= 0.6 is 0 Å². The summed E-state index contributed by atoms with van der Waals surface area (Å²) in [6.07, 6.45) is 0.592. The standard InChI is InChI=1S/C8H15NO2/c1-6(2)4-7(3)11-8(10)5-9/h7H,1,4-5,9H2,2-3H3. The Morgan fingerprint density at radius 1 is 1.73 bits per heavy atom. The highest BCUT2D eigenvalue weighted by atomic mass is 16.5. The van der Waals surface area contributed by atoms with Crippen LogP contribution in [0, 0.1) is 0 Å². The predicted octanol–water partition coefficient (Wildman–Crippen LogP) is 0.843. The molecule has 0 saturated carbocycles. The van der Waals surface area contributed by atoms with Crippen LogP contribution in [0.3, 0.4) is 0 Å². The first-order chi connectivity index (χ1) is 5.06. The minimum absolute atomic E-state index is 0.0550. The molecule has 0 rings (SSSR count). The van der Waals surface area contributed by atoms with E-state index in [0.29, 0.717) is 6.42 Å². The number of rotatable bonds is 4. The largest absolute Gasteiger partial charge is 0.461 e. The maximum absolute atomic E-state index is 10.6. The molecule has 0 aliphatic carbocycles. The van der Waals surface area contributed by atoms with Crippen molar-refractivity contribution in [3.05, 3.63) is 12.2 Å². The third kappa shape index (κ3) is 5.61. The number of esters is 1. The molecule has 0 aliphatic rings. The molecular weight excluding hydrogens is 142 g/mol. The van der Waals surface area contributed by atoms with Crippen molar-refractivity contribution in [2.75, 3.05) is 6.54 Å². The first kappa shape index (κ1) is 10.2. The van der Waals surface area contributed by atoms with Gasteiger partial charge in [0.25, 0.3) is 0 Å². The van der Waals surface area contributed by atoms with E-state index in [-0.39, 0.29) is 18.6 Å². The van der Waals surface area contributed by atoms with Crippen LogP contribution in [0.4, 0.5) is 0 Å². The predicted molar refractivity (Wildman–Crippen MR) is 44.0 cm³/mol. The van der Waals surface area contributed by atoms with Gasteiger partial charge in [-0.3, -0.25) is 4.79 Å². The molecule has 0 amide bonds. The minimum Gasteiger partial charge on any atom is -0.461 e. The van der Waals surface area contributed by atoms with Crippen LogP contribution in [0.25, 0.3) is 0 Å². The molecule has 1 unspecified atom stereocenters. The van der Waals surface area contributed by atoms with Crippen LogP contribution < -0.4 is 5.73 Å². The second-order valence-corrected chi connectivity index (χ2v) is 2.67. The molecule has 3 heteroatoms. The molecule has 0 aromatic carbocycles. The molecule has 0 bridgehead atoms. The molecule has 3 nitrogen and oxygen atoms in total. The Morgan fingerprint density at radius 3 is 2.64 bits per heavy atom. The summed E-state index contributed by atoms with van der Waals surface area (Å²) in [7, 11) is 0. The van der Waals surface area contributed by atoms with Gasteiger partial charge in [-0.15, -0.1) is 6.58 Å². The van der Waals surface area contributed by atoms with E-state index >= 15 is 0 Å². The van der Waals surface area contributed by atoms with Crippen LogP contribution in [0.15, 0.2) is 12.2 Å². The highest BCUT2D eigenvalue weighted by Gasteiger charge is 2.06. The molecule has 0 heterocycles. The smallest absolute Gasteiger partial charge is 0.319 e. The topological polar surface area (TPSA) is 52.3 Å². The first-order valence-corrected chi connectivity index (χ1v) is 3.60. The molecule has 0 saturated heterocycles. The van der Waals surface area contributed by atoms with Gasteiger partial charge in [-0.25, -0.2) is 0 Å². The SMILES string of the molecule is C=C(C)CC(C)OC(=O)CN. The van der Waals surface area contributed by atoms with Crippen LogP contribution in [0.2, 0.25) is 0 Å². The van der Waals surface area contributed by atoms with Crippen molar-refractivity contribution in [2.45, 2.75) is 26.4 Å². The summed E-state index contributed by atoms with van der Waals surface area (Å²) < 4.78 is 4.89. The Morgan fingerprint density at radius 2 is 2.27 bits per heavy atom. The van der Waals surface area contributed by atoms with Gasteiger partial charge in [0.05, 0.1) is 6.54 Å². The van der Waals surface area contributed by atoms with Gasteiger partial charge in [0.15, 0.2) is 0 Å². The maximum atomic E-state index is 10.6. The molecular formula is C8H15NO2. The second kappa shape index (κ2) is 4.91. The van der Waals surface area contributed by atoms with Crippen molar-refractivity contribution >= 4 is 5.97 Å². The lowest BCUT2D eigenvalue weighted by molar-refractivity contribution is -0.146. The van der Waals surface area contributed by atoms with Crippen molar-refractivity contribution in [2.24, 2.45) is 5.73 Å². The average Bonchev–Trinajstić information content (AvgIpc) is 1.85. The molecule has 0 aromatic rings. The molecule has 2 N–H and O–H groups in total. The third-order valence-electron chi connectivity index (χ3n) is 1.14. The fraction of sp³-hybridized carbons (Fsp3) is 0.625. The lowest BCUT2D eigenvalue weighted by Crippen LogP contribution is -2.22. The Labute approximate surface area is 67.2 Å². The van der Waals surface area contributed by atoms with E-state index in [0.717, 1.165) is 5.57 Å². The Hall–Kier alpha value is -0.830. The van der Waals surface area contributed by atoms with Gasteiger partial charge in [0.1, 0.15) is 6.10 Å². The van der Waals surface area contributed by atoms with Gasteiger partial charge in [0, 0.05) is 6.42 Å². The summed E-state index contributed by atoms with van der Waals surface area (Å²) in [5, 5.41) is 0. The number of ether oxygens (including phenoxy) is 1. The van der Waals surface area contributed by atoms with Crippen LogP contribution in [-0.2, 0) is 9.53 Å². The van der Waals surface area contributed by atoms with Gasteiger partial charge < -0.3 is 10.5 Å². The first-order valence-electron chi connectivity index (χ1n) is 3.60. The van der Waals surface area contributed by atoms with E-state index in [1.165, 1.54) is 0 Å². The summed E-state index contributed by atoms with van der Waals surface area (Å²) in [5.41, 5.74) is 6.06. The van der Waals surface area contributed by atoms with Gasteiger partial charge in [-0.05, 0) is 13.8 Å². The molecule has 64 valence electrons. The zero-order chi connectivity index (χ0) is 8.85. The van der Waals surface area contributed by atoms with Crippen molar-refractivity contribution in [1.82, 2.24) is 0 Å². The molecule has 0 radical (unpaired) electrons. The zero-order valence-electron chi connectivity index (χ0n) is 7.09. The zero-order valence-corrected chi connectivity index (χ0v) is 7.09. The van der Waals surface area contributed by atoms with E-state index in [9.17, 15) is 4.79 Å². The summed E-state index contributed by atoms with van der Waals surface area (Å²) in [6.45, 7) is 7.37. The van der Waals surface area contributed by atoms with Gasteiger partial charge >= 0.3 is 5.97 Å². The number of hydrogen-bond donors (Lipinski definition) is 1. The maximum Gasteiger partial charge on any atom is 0.319 e. The van der Waals surface area contributed by atoms with Crippen LogP contribution in [-0.4, -0.2) is 18.6 Å². The summed E-state index contributed by atoms with van der Waals surface area (Å²) in [4.78, 5) is 10.6. The number of carbonyl (C=O) groups excluding carboxylic acids is 1. The molecule has 11 heavy (non-hydrogen) atoms. The third-order valence-corrected chi connectivity index (χ3v) is 1.14. The highest BCUT2D eigenvalue weighted by Crippen LogP contribution is 2.04. The number of carbonyl (C=O) groups is 1. The van der Waals surface area contributed by atoms with E-state index in [4.69, 9.17) is 10.5 Å². The average molecular weight is 157 g/mol. The molecule has 1 atom stereocenters. The number of nitrogens with two attached hydrogens (primary N) is 1. The summed E-state index contributed by atoms with van der Waals surface area (Å²) in [5.74, 6) is -0.362. The molecule has 0 spiro atoms. The van der Waals surface area contributed by atoms with Crippen LogP contribution in [0.1, 0.15) is 20.3 Å². The summed E-state index contributed by atoms with van der Waals surface area (Å²) >= 11 is 0. The van der Waals surface area contributed by atoms with E-state index in [2.05, 4.69) is 6.58 Å². The van der Waals surface area contributed by atoms with E-state index in [1.54, 1.807) is 0 Å². The normalized spacial score (nSPS) is 12.3. The van der Waals surface area contributed by atoms with Crippen molar-refractivity contribution in [1.29, 1.82) is 0 Å². The lowest BCUT2D eigenvalue weighted by Gasteiger charge is -2.11. The lowest BCUT2D eigenvalue weighted by atomic mass is 10.2. The number of hydrogen-bond acceptors (Lipinski definition) is 3. The van der Waals surface area contributed by atoms with Gasteiger partial charge in [-0.1, -0.05) is 5.57 Å². The molecule has 0 fully saturated rings. The van der Waals surface area contributed by atoms with Gasteiger partial charge in [0.2, 0.25) is 0 Å². The van der Waals surface area contributed by atoms with E-state index in [1.807, 2.05) is 13.8 Å². The minimum atomic E-state index is -0.362. The monoisotopic (exact) mass is 157 g/mol. The summed E-state index contributed by atoms with van der Waals surface area (Å²) in [6, 6.07) is 0. The van der Waals surface area contributed by atoms with E-state index < -0.39 is 0 Å². The molecule has 0 aromatic heterocycles. The van der Waals surface area contributed by atoms with Crippen molar-refractivity contribution in [3.63, 3.8) is 0 Å².